The lowest BCUT2D eigenvalue weighted by atomic mass is 10.2. The molecule has 1 aliphatic rings. The van der Waals surface area contributed by atoms with Gasteiger partial charge >= 0.3 is 6.03 Å². The molecular formula is C19H20ClN3O3S. The molecule has 0 saturated carbocycles. The van der Waals surface area contributed by atoms with Crippen LogP contribution in [0.25, 0.3) is 6.08 Å². The second-order valence-corrected chi connectivity index (χ2v) is 8.17. The van der Waals surface area contributed by atoms with Gasteiger partial charge in [0.2, 0.25) is 0 Å². The number of carbonyl (C=O) groups is 1. The van der Waals surface area contributed by atoms with Crippen molar-refractivity contribution in [3.63, 3.8) is 0 Å². The first-order valence-electron chi connectivity index (χ1n) is 8.54. The van der Waals surface area contributed by atoms with E-state index in [2.05, 4.69) is 10.0 Å². The van der Waals surface area contributed by atoms with E-state index in [1.54, 1.807) is 53.4 Å². The van der Waals surface area contributed by atoms with Gasteiger partial charge in [0.05, 0.1) is 16.8 Å². The van der Waals surface area contributed by atoms with Crippen molar-refractivity contribution < 1.29 is 13.2 Å². The van der Waals surface area contributed by atoms with Crippen LogP contribution in [0, 0.1) is 0 Å². The first-order chi connectivity index (χ1) is 12.9. The zero-order valence-corrected chi connectivity index (χ0v) is 16.1. The van der Waals surface area contributed by atoms with Crippen molar-refractivity contribution in [1.29, 1.82) is 0 Å². The molecule has 1 fully saturated rings. The Morgan fingerprint density at radius 2 is 1.63 bits per heavy atom. The Morgan fingerprint density at radius 1 is 1.00 bits per heavy atom. The third-order valence-electron chi connectivity index (χ3n) is 4.12. The molecule has 1 heterocycles. The lowest BCUT2D eigenvalue weighted by molar-refractivity contribution is 0.222. The minimum Gasteiger partial charge on any atom is -0.325 e. The third kappa shape index (κ3) is 5.48. The summed E-state index contributed by atoms with van der Waals surface area (Å²) in [7, 11) is -3.75. The first-order valence-corrected chi connectivity index (χ1v) is 10.5. The number of likely N-dealkylation sites (tertiary alicyclic amines) is 1. The van der Waals surface area contributed by atoms with Gasteiger partial charge in [-0.1, -0.05) is 35.9 Å². The van der Waals surface area contributed by atoms with Gasteiger partial charge in [0.15, 0.2) is 0 Å². The fourth-order valence-electron chi connectivity index (χ4n) is 2.72. The topological polar surface area (TPSA) is 78.5 Å². The minimum absolute atomic E-state index is 0.226. The molecule has 6 nitrogen and oxygen atoms in total. The highest BCUT2D eigenvalue weighted by Gasteiger charge is 2.19. The number of halogens is 1. The van der Waals surface area contributed by atoms with Crippen molar-refractivity contribution in [1.82, 2.24) is 4.90 Å². The predicted molar refractivity (Wildman–Crippen MR) is 109 cm³/mol. The number of sulfonamides is 1. The van der Waals surface area contributed by atoms with Crippen molar-refractivity contribution in [2.24, 2.45) is 0 Å². The van der Waals surface area contributed by atoms with Crippen LogP contribution in [-0.4, -0.2) is 32.4 Å². The maximum Gasteiger partial charge on any atom is 0.321 e. The smallest absolute Gasteiger partial charge is 0.321 e. The average molecular weight is 406 g/mol. The van der Waals surface area contributed by atoms with Crippen LogP contribution in [0.3, 0.4) is 0 Å². The van der Waals surface area contributed by atoms with Gasteiger partial charge in [-0.15, -0.1) is 0 Å². The highest BCUT2D eigenvalue weighted by atomic mass is 35.5. The number of nitrogens with zero attached hydrogens (tertiary/aromatic N) is 1. The number of nitrogens with one attached hydrogen (secondary N) is 2. The molecular weight excluding hydrogens is 386 g/mol. The number of amides is 2. The maximum atomic E-state index is 12.4. The van der Waals surface area contributed by atoms with Crippen molar-refractivity contribution in [2.45, 2.75) is 12.8 Å². The predicted octanol–water partition coefficient (Wildman–Crippen LogP) is 4.38. The van der Waals surface area contributed by atoms with E-state index in [9.17, 15) is 13.2 Å². The number of para-hydroxylation sites is 2. The monoisotopic (exact) mass is 405 g/mol. The van der Waals surface area contributed by atoms with Gasteiger partial charge < -0.3 is 10.2 Å². The highest BCUT2D eigenvalue weighted by molar-refractivity contribution is 7.95. The summed E-state index contributed by atoms with van der Waals surface area (Å²) in [5.41, 5.74) is 1.43. The molecule has 2 amide bonds. The van der Waals surface area contributed by atoms with E-state index in [0.717, 1.165) is 18.2 Å². The molecule has 0 aromatic heterocycles. The molecule has 2 aromatic carbocycles. The molecule has 0 bridgehead atoms. The van der Waals surface area contributed by atoms with E-state index in [1.165, 1.54) is 6.08 Å². The van der Waals surface area contributed by atoms with Gasteiger partial charge in [0.1, 0.15) is 0 Å². The average Bonchev–Trinajstić information content (AvgIpc) is 3.18. The largest absolute Gasteiger partial charge is 0.325 e. The van der Waals surface area contributed by atoms with Crippen LogP contribution in [0.2, 0.25) is 5.02 Å². The van der Waals surface area contributed by atoms with E-state index in [0.29, 0.717) is 35.1 Å². The summed E-state index contributed by atoms with van der Waals surface area (Å²) < 4.78 is 27.3. The van der Waals surface area contributed by atoms with Crippen LogP contribution in [0.1, 0.15) is 18.4 Å². The van der Waals surface area contributed by atoms with E-state index in [-0.39, 0.29) is 6.03 Å². The molecule has 27 heavy (non-hydrogen) atoms. The Bertz CT molecular complexity index is 937. The summed E-state index contributed by atoms with van der Waals surface area (Å²) in [6.45, 7) is 1.42. The molecule has 8 heteroatoms. The Kier molecular flexibility index (Phi) is 6.03. The second-order valence-electron chi connectivity index (χ2n) is 6.17. The van der Waals surface area contributed by atoms with E-state index in [4.69, 9.17) is 11.6 Å². The SMILES string of the molecule is O=C(Nc1ccccc1NS(=O)(=O)C=Cc1ccc(Cl)cc1)N1CCCC1. The molecule has 142 valence electrons. The highest BCUT2D eigenvalue weighted by Crippen LogP contribution is 2.24. The number of carbonyl (C=O) groups excluding carboxylic acids is 1. The van der Waals surface area contributed by atoms with Crippen LogP contribution in [0.5, 0.6) is 0 Å². The van der Waals surface area contributed by atoms with Crippen LogP contribution < -0.4 is 10.0 Å². The normalized spacial score (nSPS) is 14.5. The van der Waals surface area contributed by atoms with Crippen molar-refractivity contribution in [3.05, 3.63) is 64.5 Å². The molecule has 2 N–H and O–H groups in total. The Morgan fingerprint density at radius 3 is 2.30 bits per heavy atom. The first kappa shape index (κ1) is 19.3. The molecule has 0 radical (unpaired) electrons. The molecule has 3 rings (SSSR count). The van der Waals surface area contributed by atoms with Gasteiger partial charge in [-0.05, 0) is 48.7 Å². The Labute approximate surface area is 163 Å². The van der Waals surface area contributed by atoms with Crippen molar-refractivity contribution in [2.75, 3.05) is 23.1 Å². The molecule has 1 aliphatic heterocycles. The van der Waals surface area contributed by atoms with Crippen LogP contribution >= 0.6 is 11.6 Å². The molecule has 0 atom stereocenters. The van der Waals surface area contributed by atoms with Crippen LogP contribution in [0.4, 0.5) is 16.2 Å². The number of anilines is 2. The van der Waals surface area contributed by atoms with Gasteiger partial charge in [-0.3, -0.25) is 4.72 Å². The third-order valence-corrected chi connectivity index (χ3v) is 5.37. The van der Waals surface area contributed by atoms with Crippen molar-refractivity contribution >= 4 is 45.1 Å². The number of benzene rings is 2. The van der Waals surface area contributed by atoms with Crippen LogP contribution in [-0.2, 0) is 10.0 Å². The molecule has 2 aromatic rings. The lowest BCUT2D eigenvalue weighted by Gasteiger charge is -2.18. The number of urea groups is 1. The number of hydrogen-bond donors (Lipinski definition) is 2. The zero-order chi connectivity index (χ0) is 19.3. The second kappa shape index (κ2) is 8.45. The Balaban J connectivity index is 1.72. The van der Waals surface area contributed by atoms with E-state index < -0.39 is 10.0 Å². The van der Waals surface area contributed by atoms with Gasteiger partial charge in [0.25, 0.3) is 10.0 Å². The molecule has 0 spiro atoms. The number of hydrogen-bond acceptors (Lipinski definition) is 3. The number of rotatable bonds is 5. The summed E-state index contributed by atoms with van der Waals surface area (Å²) >= 11 is 5.82. The lowest BCUT2D eigenvalue weighted by Crippen LogP contribution is -2.32. The standard InChI is InChI=1S/C19H20ClN3O3S/c20-16-9-7-15(8-10-16)11-14-27(25,26)22-18-6-2-1-5-17(18)21-19(24)23-12-3-4-13-23/h1-2,5-11,14,22H,3-4,12-13H2,(H,21,24). The fourth-order valence-corrected chi connectivity index (χ4v) is 3.74. The van der Waals surface area contributed by atoms with Crippen molar-refractivity contribution in [3.8, 4) is 0 Å². The summed E-state index contributed by atoms with van der Waals surface area (Å²) in [6.07, 6.45) is 3.44. The quantitative estimate of drug-likeness (QED) is 0.774. The molecule has 1 saturated heterocycles. The fraction of sp³-hybridized carbons (Fsp3) is 0.211. The minimum atomic E-state index is -3.75. The zero-order valence-electron chi connectivity index (χ0n) is 14.6. The summed E-state index contributed by atoms with van der Waals surface area (Å²) in [6, 6.07) is 13.3. The van der Waals surface area contributed by atoms with E-state index >= 15 is 0 Å². The maximum absolute atomic E-state index is 12.4. The Hall–Kier alpha value is -2.51. The summed E-state index contributed by atoms with van der Waals surface area (Å²) in [5.74, 6) is 0. The summed E-state index contributed by atoms with van der Waals surface area (Å²) in [5, 5.41) is 4.43. The van der Waals surface area contributed by atoms with E-state index in [1.807, 2.05) is 0 Å². The van der Waals surface area contributed by atoms with Crippen LogP contribution in [0.15, 0.2) is 53.9 Å². The van der Waals surface area contributed by atoms with Gasteiger partial charge in [0, 0.05) is 18.1 Å². The van der Waals surface area contributed by atoms with Gasteiger partial charge in [-0.2, -0.15) is 0 Å². The molecule has 0 unspecified atom stereocenters. The molecule has 0 aliphatic carbocycles. The summed E-state index contributed by atoms with van der Waals surface area (Å²) in [4.78, 5) is 14.0. The van der Waals surface area contributed by atoms with Gasteiger partial charge in [-0.25, -0.2) is 13.2 Å².